The van der Waals surface area contributed by atoms with Crippen LogP contribution in [-0.2, 0) is 20.8 Å². The van der Waals surface area contributed by atoms with E-state index in [1.807, 2.05) is 0 Å². The van der Waals surface area contributed by atoms with Crippen molar-refractivity contribution in [2.75, 3.05) is 46.3 Å². The van der Waals surface area contributed by atoms with Crippen molar-refractivity contribution in [1.82, 2.24) is 20.2 Å². The van der Waals surface area contributed by atoms with E-state index in [0.29, 0.717) is 60.1 Å². The van der Waals surface area contributed by atoms with Crippen molar-refractivity contribution in [3.8, 4) is 0 Å². The topological polar surface area (TPSA) is 125 Å². The Morgan fingerprint density at radius 3 is 2.68 bits per heavy atom. The third-order valence-electron chi connectivity index (χ3n) is 4.85. The zero-order chi connectivity index (χ0) is 24.3. The zero-order valence-electron chi connectivity index (χ0n) is 19.2. The highest BCUT2D eigenvalue weighted by atomic mass is 32.2. The molecular formula is C23H28N4O6S. The average molecular weight is 489 g/mol. The van der Waals surface area contributed by atoms with Crippen LogP contribution in [-0.4, -0.2) is 67.6 Å². The summed E-state index contributed by atoms with van der Waals surface area (Å²) in [6, 6.07) is 8.26. The van der Waals surface area contributed by atoms with E-state index in [1.165, 1.54) is 10.8 Å². The first-order valence-electron chi connectivity index (χ1n) is 10.8. The summed E-state index contributed by atoms with van der Waals surface area (Å²) in [7, 11) is 3.16. The average Bonchev–Trinajstić information content (AvgIpc) is 3.35. The minimum Gasteiger partial charge on any atom is -0.467 e. The number of carbonyl (C=O) groups excluding carboxylic acids is 2. The second kappa shape index (κ2) is 12.9. The lowest BCUT2D eigenvalue weighted by Gasteiger charge is -2.13. The van der Waals surface area contributed by atoms with Crippen molar-refractivity contribution < 1.29 is 23.5 Å². The van der Waals surface area contributed by atoms with Gasteiger partial charge in [-0.2, -0.15) is 0 Å². The molecule has 3 aromatic rings. The Balaban J connectivity index is 1.86. The highest BCUT2D eigenvalue weighted by Crippen LogP contribution is 2.20. The van der Waals surface area contributed by atoms with Gasteiger partial charge in [0.25, 0.3) is 11.5 Å². The Bertz CT molecular complexity index is 1160. The van der Waals surface area contributed by atoms with Gasteiger partial charge in [0.2, 0.25) is 5.91 Å². The second-order valence-electron chi connectivity index (χ2n) is 7.33. The molecule has 34 heavy (non-hydrogen) atoms. The molecule has 0 spiro atoms. The summed E-state index contributed by atoms with van der Waals surface area (Å²) in [6.45, 7) is 1.99. The lowest BCUT2D eigenvalue weighted by molar-refractivity contribution is -0.118. The minimum atomic E-state index is -0.287. The second-order valence-corrected chi connectivity index (χ2v) is 8.27. The van der Waals surface area contributed by atoms with Crippen molar-refractivity contribution >= 4 is 34.5 Å². The van der Waals surface area contributed by atoms with Gasteiger partial charge < -0.3 is 24.5 Å². The number of fused-ring (bicyclic) bond motifs is 1. The molecule has 0 bridgehead atoms. The lowest BCUT2D eigenvalue weighted by atomic mass is 10.1. The minimum absolute atomic E-state index is 0.0836. The quantitative estimate of drug-likeness (QED) is 0.211. The van der Waals surface area contributed by atoms with E-state index < -0.39 is 0 Å². The number of ether oxygens (including phenoxy) is 2. The van der Waals surface area contributed by atoms with Crippen molar-refractivity contribution in [2.45, 2.75) is 18.1 Å². The number of furan rings is 1. The molecule has 2 N–H and O–H groups in total. The standard InChI is InChI=1S/C23H28N4O6S/c1-31-10-4-8-24-20(28)15-34-23-26-19-13-16(21(29)25-9-12-32-2)6-7-18(19)22(30)27(23)14-17-5-3-11-33-17/h3,5-7,11,13H,4,8-10,12,14-15H2,1-2H3,(H,24,28)(H,25,29). The van der Waals surface area contributed by atoms with Crippen LogP contribution in [0.2, 0.25) is 0 Å². The number of carbonyl (C=O) groups is 2. The molecule has 1 aromatic carbocycles. The van der Waals surface area contributed by atoms with Gasteiger partial charge in [-0.25, -0.2) is 4.98 Å². The van der Waals surface area contributed by atoms with Gasteiger partial charge in [0, 0.05) is 39.5 Å². The van der Waals surface area contributed by atoms with Crippen LogP contribution in [0.25, 0.3) is 10.9 Å². The van der Waals surface area contributed by atoms with Crippen molar-refractivity contribution in [3.05, 3.63) is 58.3 Å². The van der Waals surface area contributed by atoms with Crippen LogP contribution in [0.5, 0.6) is 0 Å². The number of amides is 2. The summed E-state index contributed by atoms with van der Waals surface area (Å²) in [5.41, 5.74) is 0.477. The molecule has 2 amide bonds. The normalized spacial score (nSPS) is 11.0. The number of methoxy groups -OCH3 is 2. The number of hydrogen-bond acceptors (Lipinski definition) is 8. The largest absolute Gasteiger partial charge is 0.467 e. The summed E-state index contributed by atoms with van der Waals surface area (Å²) in [5, 5.41) is 6.29. The Hall–Kier alpha value is -3.15. The van der Waals surface area contributed by atoms with Crippen LogP contribution in [0.15, 0.2) is 51.0 Å². The van der Waals surface area contributed by atoms with Gasteiger partial charge in [-0.15, -0.1) is 0 Å². The summed E-state index contributed by atoms with van der Waals surface area (Å²) < 4.78 is 16.8. The molecule has 2 heterocycles. The Morgan fingerprint density at radius 1 is 1.12 bits per heavy atom. The molecule has 0 aliphatic heterocycles. The third-order valence-corrected chi connectivity index (χ3v) is 5.82. The van der Waals surface area contributed by atoms with E-state index in [0.717, 1.165) is 11.8 Å². The summed E-state index contributed by atoms with van der Waals surface area (Å²) in [4.78, 5) is 42.6. The van der Waals surface area contributed by atoms with Crippen molar-refractivity contribution in [3.63, 3.8) is 0 Å². The van der Waals surface area contributed by atoms with E-state index in [-0.39, 0.29) is 29.7 Å². The maximum Gasteiger partial charge on any atom is 0.262 e. The van der Waals surface area contributed by atoms with Crippen LogP contribution in [0.3, 0.4) is 0 Å². The number of aromatic nitrogens is 2. The maximum absolute atomic E-state index is 13.3. The maximum atomic E-state index is 13.3. The first-order valence-corrected chi connectivity index (χ1v) is 11.7. The van der Waals surface area contributed by atoms with Gasteiger partial charge in [-0.1, -0.05) is 11.8 Å². The predicted octanol–water partition coefficient (Wildman–Crippen LogP) is 1.66. The Kier molecular flexibility index (Phi) is 9.68. The van der Waals surface area contributed by atoms with Crippen LogP contribution in [0, 0.1) is 0 Å². The molecule has 11 heteroatoms. The first-order chi connectivity index (χ1) is 16.5. The molecule has 0 atom stereocenters. The van der Waals surface area contributed by atoms with Crippen LogP contribution in [0.4, 0.5) is 0 Å². The molecule has 0 unspecified atom stereocenters. The number of nitrogens with one attached hydrogen (secondary N) is 2. The number of rotatable bonds is 13. The van der Waals surface area contributed by atoms with Gasteiger partial charge >= 0.3 is 0 Å². The molecule has 2 aromatic heterocycles. The number of thioether (sulfide) groups is 1. The van der Waals surface area contributed by atoms with Crippen molar-refractivity contribution in [2.24, 2.45) is 0 Å². The first kappa shape index (κ1) is 25.5. The SMILES string of the molecule is COCCCNC(=O)CSc1nc2cc(C(=O)NCCOC)ccc2c(=O)n1Cc1ccco1. The molecule has 0 radical (unpaired) electrons. The van der Waals surface area contributed by atoms with Gasteiger partial charge in [0.1, 0.15) is 5.76 Å². The van der Waals surface area contributed by atoms with E-state index in [9.17, 15) is 14.4 Å². The van der Waals surface area contributed by atoms with E-state index in [4.69, 9.17) is 13.9 Å². The van der Waals surface area contributed by atoms with Crippen LogP contribution < -0.4 is 16.2 Å². The number of hydrogen-bond donors (Lipinski definition) is 2. The fourth-order valence-electron chi connectivity index (χ4n) is 3.14. The predicted molar refractivity (Wildman–Crippen MR) is 128 cm³/mol. The lowest BCUT2D eigenvalue weighted by Crippen LogP contribution is -2.29. The monoisotopic (exact) mass is 488 g/mol. The molecule has 182 valence electrons. The van der Waals surface area contributed by atoms with Crippen LogP contribution >= 0.6 is 11.8 Å². The van der Waals surface area contributed by atoms with E-state index in [2.05, 4.69) is 15.6 Å². The number of nitrogens with zero attached hydrogens (tertiary/aromatic N) is 2. The highest BCUT2D eigenvalue weighted by Gasteiger charge is 2.16. The molecule has 10 nitrogen and oxygen atoms in total. The van der Waals surface area contributed by atoms with Gasteiger partial charge in [-0.3, -0.25) is 19.0 Å². The smallest absolute Gasteiger partial charge is 0.262 e. The zero-order valence-corrected chi connectivity index (χ0v) is 20.0. The van der Waals surface area contributed by atoms with Gasteiger partial charge in [0.15, 0.2) is 5.16 Å². The molecule has 0 saturated carbocycles. The fourth-order valence-corrected chi connectivity index (χ4v) is 3.97. The molecule has 3 rings (SSSR count). The third kappa shape index (κ3) is 6.92. The van der Waals surface area contributed by atoms with Crippen molar-refractivity contribution in [1.29, 1.82) is 0 Å². The molecule has 0 aliphatic carbocycles. The molecule has 0 saturated heterocycles. The van der Waals surface area contributed by atoms with E-state index >= 15 is 0 Å². The van der Waals surface area contributed by atoms with E-state index in [1.54, 1.807) is 44.6 Å². The summed E-state index contributed by atoms with van der Waals surface area (Å²) in [5.74, 6) is 0.208. The Morgan fingerprint density at radius 2 is 1.94 bits per heavy atom. The molecule has 0 aliphatic rings. The fraction of sp³-hybridized carbons (Fsp3) is 0.391. The Labute approximate surface area is 201 Å². The molecular weight excluding hydrogens is 460 g/mol. The molecule has 0 fully saturated rings. The summed E-state index contributed by atoms with van der Waals surface area (Å²) >= 11 is 1.15. The summed E-state index contributed by atoms with van der Waals surface area (Å²) in [6.07, 6.45) is 2.24. The van der Waals surface area contributed by atoms with Gasteiger partial charge in [0.05, 0.1) is 36.1 Å². The van der Waals surface area contributed by atoms with Crippen LogP contribution in [0.1, 0.15) is 22.5 Å². The van der Waals surface area contributed by atoms with Gasteiger partial charge in [-0.05, 0) is 36.8 Å². The number of benzene rings is 1. The highest BCUT2D eigenvalue weighted by molar-refractivity contribution is 7.99.